The van der Waals surface area contributed by atoms with E-state index in [1.54, 1.807) is 0 Å². The third kappa shape index (κ3) is 6.71. The van der Waals surface area contributed by atoms with Gasteiger partial charge in [-0.05, 0) is 61.4 Å². The Morgan fingerprint density at radius 1 is 0.738 bits per heavy atom. The third-order valence-corrected chi connectivity index (χ3v) is 6.88. The normalized spacial score (nSPS) is 11.7. The molecule has 1 N–H and O–H groups in total. The molecule has 3 heteroatoms. The zero-order valence-corrected chi connectivity index (χ0v) is 24.7. The molecule has 5 aromatic rings. The van der Waals surface area contributed by atoms with E-state index in [0.29, 0.717) is 0 Å². The Kier molecular flexibility index (Phi) is 10.2. The van der Waals surface area contributed by atoms with Crippen molar-refractivity contribution in [2.75, 3.05) is 17.3 Å². The first kappa shape index (κ1) is 29.7. The smallest absolute Gasteiger partial charge is 0.158 e. The highest BCUT2D eigenvalue weighted by atomic mass is 16.3. The van der Waals surface area contributed by atoms with Gasteiger partial charge >= 0.3 is 0 Å². The van der Waals surface area contributed by atoms with Gasteiger partial charge in [0.25, 0.3) is 0 Å². The van der Waals surface area contributed by atoms with Gasteiger partial charge < -0.3 is 14.6 Å². The monoisotopic (exact) mass is 550 g/mol. The maximum Gasteiger partial charge on any atom is 0.158 e. The van der Waals surface area contributed by atoms with Crippen LogP contribution in [0.4, 0.5) is 17.1 Å². The summed E-state index contributed by atoms with van der Waals surface area (Å²) in [5, 5.41) is 5.72. The molecule has 0 fully saturated rings. The van der Waals surface area contributed by atoms with Gasteiger partial charge in [0.15, 0.2) is 5.58 Å². The van der Waals surface area contributed by atoms with E-state index in [2.05, 4.69) is 60.3 Å². The SMILES string of the molecule is C=C/C(=C(\C=C/C)C(=C)/C=C\C)N(C)c1ccccc1.C=Cc1ccccc1Nc1cccc2c1oc1ccccc12. The molecule has 1 aromatic heterocycles. The Bertz CT molecular complexity index is 1780. The number of rotatable bonds is 9. The Labute approximate surface area is 249 Å². The predicted octanol–water partition coefficient (Wildman–Crippen LogP) is 11.2. The standard InChI is InChI=1S/C20H15NO.C19H23N/c1-2-14-8-3-5-11-17(14)21-18-12-7-10-16-15-9-4-6-13-19(15)22-20(16)18;1-6-12-16(4)18(13-7-2)19(8-3)20(5)17-14-10-9-11-15-17/h2-13,21H,1H2;6-15H,3-4H2,1-2,5H3/b;12-6-,13-7-,19-18-. The van der Waals surface area contributed by atoms with Crippen LogP contribution in [0.15, 0.2) is 168 Å². The van der Waals surface area contributed by atoms with Crippen molar-refractivity contribution in [2.45, 2.75) is 13.8 Å². The summed E-state index contributed by atoms with van der Waals surface area (Å²) >= 11 is 0. The van der Waals surface area contributed by atoms with Crippen molar-refractivity contribution in [3.05, 3.63) is 170 Å². The first-order valence-electron chi connectivity index (χ1n) is 14.0. The average molecular weight is 551 g/mol. The molecule has 0 aliphatic heterocycles. The van der Waals surface area contributed by atoms with Crippen LogP contribution in [0, 0.1) is 0 Å². The highest BCUT2D eigenvalue weighted by Gasteiger charge is 2.11. The number of nitrogens with one attached hydrogen (secondary N) is 1. The van der Waals surface area contributed by atoms with Gasteiger partial charge in [-0.1, -0.05) is 117 Å². The predicted molar refractivity (Wildman–Crippen MR) is 184 cm³/mol. The summed E-state index contributed by atoms with van der Waals surface area (Å²) in [6.07, 6.45) is 11.8. The van der Waals surface area contributed by atoms with Gasteiger partial charge in [-0.3, -0.25) is 0 Å². The summed E-state index contributed by atoms with van der Waals surface area (Å²) in [4.78, 5) is 2.12. The third-order valence-electron chi connectivity index (χ3n) is 6.88. The molecule has 0 saturated carbocycles. The molecule has 42 heavy (non-hydrogen) atoms. The number of furan rings is 1. The Balaban J connectivity index is 0.000000194. The van der Waals surface area contributed by atoms with Crippen LogP contribution in [0.5, 0.6) is 0 Å². The molecular formula is C39H38N2O. The minimum atomic E-state index is 0.877. The Morgan fingerprint density at radius 2 is 1.38 bits per heavy atom. The Morgan fingerprint density at radius 3 is 2.10 bits per heavy atom. The van der Waals surface area contributed by atoms with Crippen molar-refractivity contribution in [1.29, 1.82) is 0 Å². The zero-order chi connectivity index (χ0) is 29.9. The van der Waals surface area contributed by atoms with Gasteiger partial charge in [0.2, 0.25) is 0 Å². The lowest BCUT2D eigenvalue weighted by molar-refractivity contribution is 0.670. The largest absolute Gasteiger partial charge is 0.454 e. The van der Waals surface area contributed by atoms with Gasteiger partial charge in [0.1, 0.15) is 5.58 Å². The first-order chi connectivity index (χ1) is 20.5. The number of benzene rings is 4. The fourth-order valence-electron chi connectivity index (χ4n) is 4.81. The molecule has 210 valence electrons. The topological polar surface area (TPSA) is 28.4 Å². The van der Waals surface area contributed by atoms with E-state index >= 15 is 0 Å². The van der Waals surface area contributed by atoms with Crippen LogP contribution in [0.1, 0.15) is 19.4 Å². The number of anilines is 3. The van der Waals surface area contributed by atoms with Crippen LogP contribution in [0.3, 0.4) is 0 Å². The summed E-state index contributed by atoms with van der Waals surface area (Å²) < 4.78 is 6.04. The maximum atomic E-state index is 6.04. The summed E-state index contributed by atoms with van der Waals surface area (Å²) in [5.74, 6) is 0. The van der Waals surface area contributed by atoms with Crippen LogP contribution >= 0.6 is 0 Å². The molecule has 0 spiro atoms. The molecular weight excluding hydrogens is 512 g/mol. The lowest BCUT2D eigenvalue weighted by Gasteiger charge is -2.23. The van der Waals surface area contributed by atoms with Gasteiger partial charge in [-0.15, -0.1) is 0 Å². The fourth-order valence-corrected chi connectivity index (χ4v) is 4.81. The summed E-state index contributed by atoms with van der Waals surface area (Å²) in [6, 6.07) is 32.6. The molecule has 0 unspecified atom stereocenters. The zero-order valence-electron chi connectivity index (χ0n) is 24.7. The van der Waals surface area contributed by atoms with E-state index in [9.17, 15) is 0 Å². The lowest BCUT2D eigenvalue weighted by atomic mass is 10.0. The second-order valence-electron chi connectivity index (χ2n) is 9.62. The van der Waals surface area contributed by atoms with Crippen LogP contribution in [-0.4, -0.2) is 7.05 Å². The van der Waals surface area contributed by atoms with Gasteiger partial charge in [0, 0.05) is 40.5 Å². The van der Waals surface area contributed by atoms with Crippen molar-refractivity contribution < 1.29 is 4.42 Å². The van der Waals surface area contributed by atoms with E-state index in [1.807, 2.05) is 124 Å². The lowest BCUT2D eigenvalue weighted by Crippen LogP contribution is -2.17. The van der Waals surface area contributed by atoms with Crippen molar-refractivity contribution in [3.63, 3.8) is 0 Å². The minimum absolute atomic E-state index is 0.877. The fraction of sp³-hybridized carbons (Fsp3) is 0.0769. The summed E-state index contributed by atoms with van der Waals surface area (Å²) in [7, 11) is 2.04. The van der Waals surface area contributed by atoms with E-state index in [-0.39, 0.29) is 0 Å². The average Bonchev–Trinajstić information content (AvgIpc) is 3.42. The molecule has 3 nitrogen and oxygen atoms in total. The van der Waals surface area contributed by atoms with Crippen molar-refractivity contribution in [1.82, 2.24) is 0 Å². The van der Waals surface area contributed by atoms with Crippen LogP contribution in [0.25, 0.3) is 28.0 Å². The van der Waals surface area contributed by atoms with Gasteiger partial charge in [-0.25, -0.2) is 0 Å². The maximum absolute atomic E-state index is 6.04. The van der Waals surface area contributed by atoms with Gasteiger partial charge in [-0.2, -0.15) is 0 Å². The first-order valence-corrected chi connectivity index (χ1v) is 14.0. The number of hydrogen-bond acceptors (Lipinski definition) is 3. The number of allylic oxidation sites excluding steroid dienone is 7. The highest BCUT2D eigenvalue weighted by Crippen LogP contribution is 2.35. The molecule has 5 rings (SSSR count). The molecule has 0 radical (unpaired) electrons. The van der Waals surface area contributed by atoms with Crippen molar-refractivity contribution in [3.8, 4) is 0 Å². The van der Waals surface area contributed by atoms with Crippen molar-refractivity contribution in [2.24, 2.45) is 0 Å². The quantitative estimate of drug-likeness (QED) is 0.185. The van der Waals surface area contributed by atoms with Crippen molar-refractivity contribution >= 4 is 45.1 Å². The number of hydrogen-bond donors (Lipinski definition) is 1. The molecule has 0 aliphatic rings. The van der Waals surface area contributed by atoms with E-state index in [4.69, 9.17) is 4.42 Å². The molecule has 0 atom stereocenters. The second kappa shape index (κ2) is 14.4. The van der Waals surface area contributed by atoms with Crippen LogP contribution < -0.4 is 10.2 Å². The molecule has 0 saturated heterocycles. The molecule has 0 aliphatic carbocycles. The molecule has 0 amide bonds. The summed E-state index contributed by atoms with van der Waals surface area (Å²) in [5.41, 5.74) is 9.04. The minimum Gasteiger partial charge on any atom is -0.454 e. The molecule has 0 bridgehead atoms. The van der Waals surface area contributed by atoms with Crippen LogP contribution in [-0.2, 0) is 0 Å². The van der Waals surface area contributed by atoms with E-state index in [0.717, 1.165) is 61.4 Å². The number of fused-ring (bicyclic) bond motifs is 3. The number of nitrogens with zero attached hydrogens (tertiary/aromatic N) is 1. The number of para-hydroxylation sites is 4. The van der Waals surface area contributed by atoms with Crippen LogP contribution in [0.2, 0.25) is 0 Å². The van der Waals surface area contributed by atoms with E-state index < -0.39 is 0 Å². The highest BCUT2D eigenvalue weighted by molar-refractivity contribution is 6.09. The second-order valence-corrected chi connectivity index (χ2v) is 9.62. The van der Waals surface area contributed by atoms with E-state index in [1.165, 1.54) is 0 Å². The molecule has 1 heterocycles. The number of likely N-dealkylation sites (N-methyl/N-ethyl adjacent to an activating group) is 1. The molecule has 4 aromatic carbocycles. The Hall–Kier alpha value is -5.28. The summed E-state index contributed by atoms with van der Waals surface area (Å²) in [6.45, 7) is 16.0. The van der Waals surface area contributed by atoms with Gasteiger partial charge in [0.05, 0.1) is 5.69 Å².